The summed E-state index contributed by atoms with van der Waals surface area (Å²) in [7, 11) is 1.61. The van der Waals surface area contributed by atoms with Crippen molar-refractivity contribution in [1.82, 2.24) is 10.6 Å². The first-order chi connectivity index (χ1) is 8.24. The lowest BCUT2D eigenvalue weighted by Crippen LogP contribution is -2.37. The average Bonchev–Trinajstić information content (AvgIpc) is 2.85. The molecular weight excluding hydrogens is 240 g/mol. The minimum Gasteiger partial charge on any atom is -0.385 e. The largest absolute Gasteiger partial charge is 0.385 e. The number of carbonyl (C=O) groups is 2. The van der Waals surface area contributed by atoms with Crippen LogP contribution in [-0.4, -0.2) is 38.6 Å². The van der Waals surface area contributed by atoms with E-state index in [0.29, 0.717) is 18.0 Å². The van der Waals surface area contributed by atoms with Crippen LogP contribution in [0.4, 0.5) is 0 Å². The van der Waals surface area contributed by atoms with Crippen molar-refractivity contribution in [3.63, 3.8) is 0 Å². The van der Waals surface area contributed by atoms with Gasteiger partial charge >= 0.3 is 0 Å². The Morgan fingerprint density at radius 3 is 2.88 bits per heavy atom. The topological polar surface area (TPSA) is 67.4 Å². The smallest absolute Gasteiger partial charge is 0.261 e. The highest BCUT2D eigenvalue weighted by Gasteiger charge is 2.07. The number of methoxy groups -OCH3 is 1. The molecule has 0 bridgehead atoms. The first kappa shape index (κ1) is 13.7. The molecule has 0 aromatic carbocycles. The third-order valence-corrected chi connectivity index (χ3v) is 2.87. The molecule has 2 N–H and O–H groups in total. The van der Waals surface area contributed by atoms with Crippen molar-refractivity contribution in [2.75, 3.05) is 26.8 Å². The third-order valence-electron chi connectivity index (χ3n) is 2.00. The Bertz CT molecular complexity index is 352. The summed E-state index contributed by atoms with van der Waals surface area (Å²) in [5.74, 6) is -0.405. The molecular formula is C11H16N2O3S. The number of amides is 2. The van der Waals surface area contributed by atoms with E-state index in [4.69, 9.17) is 4.74 Å². The van der Waals surface area contributed by atoms with Crippen LogP contribution in [0.15, 0.2) is 17.5 Å². The fourth-order valence-electron chi connectivity index (χ4n) is 1.16. The molecule has 0 spiro atoms. The molecule has 6 heteroatoms. The second kappa shape index (κ2) is 7.81. The number of nitrogens with one attached hydrogen (secondary N) is 2. The molecule has 17 heavy (non-hydrogen) atoms. The van der Waals surface area contributed by atoms with Crippen LogP contribution in [-0.2, 0) is 9.53 Å². The van der Waals surface area contributed by atoms with Gasteiger partial charge in [0, 0.05) is 20.3 Å². The Kier molecular flexibility index (Phi) is 6.27. The van der Waals surface area contributed by atoms with Gasteiger partial charge in [-0.1, -0.05) is 6.07 Å². The predicted molar refractivity (Wildman–Crippen MR) is 66.2 cm³/mol. The summed E-state index contributed by atoms with van der Waals surface area (Å²) in [5, 5.41) is 7.06. The Morgan fingerprint density at radius 1 is 1.41 bits per heavy atom. The summed E-state index contributed by atoms with van der Waals surface area (Å²) in [4.78, 5) is 23.4. The first-order valence-corrected chi connectivity index (χ1v) is 6.19. The summed E-state index contributed by atoms with van der Waals surface area (Å²) in [5.41, 5.74) is 0. The van der Waals surface area contributed by atoms with Crippen molar-refractivity contribution in [1.29, 1.82) is 0 Å². The maximum atomic E-state index is 11.5. The number of hydrogen-bond donors (Lipinski definition) is 2. The molecule has 0 radical (unpaired) electrons. The van der Waals surface area contributed by atoms with Gasteiger partial charge in [0.15, 0.2) is 0 Å². The van der Waals surface area contributed by atoms with Gasteiger partial charge in [-0.25, -0.2) is 0 Å². The molecule has 0 aliphatic heterocycles. The molecule has 0 aliphatic carbocycles. The van der Waals surface area contributed by atoms with Gasteiger partial charge in [0.05, 0.1) is 11.4 Å². The van der Waals surface area contributed by atoms with Gasteiger partial charge < -0.3 is 15.4 Å². The van der Waals surface area contributed by atoms with E-state index in [2.05, 4.69) is 10.6 Å². The summed E-state index contributed by atoms with van der Waals surface area (Å²) in [6.45, 7) is 1.17. The summed E-state index contributed by atoms with van der Waals surface area (Å²) >= 11 is 1.35. The Morgan fingerprint density at radius 2 is 2.24 bits per heavy atom. The molecule has 94 valence electrons. The molecule has 1 heterocycles. The minimum atomic E-state index is -0.216. The maximum absolute atomic E-state index is 11.5. The Hall–Kier alpha value is -1.40. The molecule has 2 amide bonds. The highest BCUT2D eigenvalue weighted by molar-refractivity contribution is 7.12. The van der Waals surface area contributed by atoms with Gasteiger partial charge in [0.2, 0.25) is 5.91 Å². The van der Waals surface area contributed by atoms with Crippen LogP contribution in [0.25, 0.3) is 0 Å². The van der Waals surface area contributed by atoms with E-state index in [1.807, 2.05) is 5.38 Å². The van der Waals surface area contributed by atoms with E-state index < -0.39 is 0 Å². The molecule has 0 saturated carbocycles. The van der Waals surface area contributed by atoms with Crippen LogP contribution < -0.4 is 10.6 Å². The van der Waals surface area contributed by atoms with Crippen LogP contribution in [0.1, 0.15) is 16.1 Å². The predicted octanol–water partition coefficient (Wildman–Crippen LogP) is 0.631. The van der Waals surface area contributed by atoms with Gasteiger partial charge in [-0.3, -0.25) is 9.59 Å². The first-order valence-electron chi connectivity index (χ1n) is 5.31. The number of ether oxygens (including phenoxy) is 1. The summed E-state index contributed by atoms with van der Waals surface area (Å²) in [6, 6.07) is 3.51. The second-order valence-corrected chi connectivity index (χ2v) is 4.30. The number of hydrogen-bond acceptors (Lipinski definition) is 4. The van der Waals surface area contributed by atoms with E-state index >= 15 is 0 Å². The standard InChI is InChI=1S/C11H16N2O3S/c1-16-6-3-5-12-10(14)8-13-11(15)9-4-2-7-17-9/h2,4,7H,3,5-6,8H2,1H3,(H,12,14)(H,13,15). The van der Waals surface area contributed by atoms with Crippen molar-refractivity contribution in [3.05, 3.63) is 22.4 Å². The van der Waals surface area contributed by atoms with Gasteiger partial charge in [-0.15, -0.1) is 11.3 Å². The Balaban J connectivity index is 2.13. The lowest BCUT2D eigenvalue weighted by Gasteiger charge is -2.05. The third kappa shape index (κ3) is 5.46. The van der Waals surface area contributed by atoms with Gasteiger partial charge in [0.25, 0.3) is 5.91 Å². The molecule has 1 rings (SSSR count). The van der Waals surface area contributed by atoms with Crippen LogP contribution in [0.5, 0.6) is 0 Å². The quantitative estimate of drug-likeness (QED) is 0.703. The minimum absolute atomic E-state index is 0.00369. The zero-order valence-corrected chi connectivity index (χ0v) is 10.5. The molecule has 1 aromatic heterocycles. The molecule has 0 unspecified atom stereocenters. The lowest BCUT2D eigenvalue weighted by molar-refractivity contribution is -0.120. The number of carbonyl (C=O) groups excluding carboxylic acids is 2. The lowest BCUT2D eigenvalue weighted by atomic mass is 10.4. The van der Waals surface area contributed by atoms with Crippen molar-refractivity contribution < 1.29 is 14.3 Å². The normalized spacial score (nSPS) is 9.94. The van der Waals surface area contributed by atoms with Crippen LogP contribution >= 0.6 is 11.3 Å². The molecule has 0 fully saturated rings. The zero-order chi connectivity index (χ0) is 12.5. The highest BCUT2D eigenvalue weighted by Crippen LogP contribution is 2.07. The van der Waals surface area contributed by atoms with Crippen molar-refractivity contribution >= 4 is 23.2 Å². The number of thiophene rings is 1. The monoisotopic (exact) mass is 256 g/mol. The fraction of sp³-hybridized carbons (Fsp3) is 0.455. The molecule has 0 saturated heterocycles. The van der Waals surface area contributed by atoms with E-state index in [9.17, 15) is 9.59 Å². The van der Waals surface area contributed by atoms with E-state index in [0.717, 1.165) is 6.42 Å². The second-order valence-electron chi connectivity index (χ2n) is 3.36. The molecule has 0 atom stereocenters. The van der Waals surface area contributed by atoms with Crippen molar-refractivity contribution in [2.45, 2.75) is 6.42 Å². The van der Waals surface area contributed by atoms with Crippen LogP contribution in [0.3, 0.4) is 0 Å². The highest BCUT2D eigenvalue weighted by atomic mass is 32.1. The SMILES string of the molecule is COCCCNC(=O)CNC(=O)c1cccs1. The van der Waals surface area contributed by atoms with E-state index in [-0.39, 0.29) is 18.4 Å². The maximum Gasteiger partial charge on any atom is 0.261 e. The van der Waals surface area contributed by atoms with Crippen LogP contribution in [0, 0.1) is 0 Å². The number of rotatable bonds is 7. The van der Waals surface area contributed by atoms with Crippen LogP contribution in [0.2, 0.25) is 0 Å². The molecule has 0 aliphatic rings. The van der Waals surface area contributed by atoms with Crippen molar-refractivity contribution in [2.24, 2.45) is 0 Å². The van der Waals surface area contributed by atoms with E-state index in [1.165, 1.54) is 11.3 Å². The van der Waals surface area contributed by atoms with Gasteiger partial charge in [-0.2, -0.15) is 0 Å². The molecule has 1 aromatic rings. The van der Waals surface area contributed by atoms with Gasteiger partial charge in [0.1, 0.15) is 0 Å². The fourth-order valence-corrected chi connectivity index (χ4v) is 1.80. The van der Waals surface area contributed by atoms with Gasteiger partial charge in [-0.05, 0) is 17.9 Å². The van der Waals surface area contributed by atoms with Crippen molar-refractivity contribution in [3.8, 4) is 0 Å². The molecule has 5 nitrogen and oxygen atoms in total. The summed E-state index contributed by atoms with van der Waals surface area (Å²) < 4.78 is 4.85. The Labute approximate surface area is 104 Å². The summed E-state index contributed by atoms with van der Waals surface area (Å²) in [6.07, 6.45) is 0.765. The average molecular weight is 256 g/mol. The zero-order valence-electron chi connectivity index (χ0n) is 9.69. The van der Waals surface area contributed by atoms with E-state index in [1.54, 1.807) is 19.2 Å².